The number of pyridine rings is 1. The van der Waals surface area contributed by atoms with Gasteiger partial charge in [0, 0.05) is 25.1 Å². The Bertz CT molecular complexity index is 763. The molecule has 3 aromatic rings. The SMILES string of the molecule is CN(c1ccncc1)C1c2ccccc2CCc2ccccc21. The van der Waals surface area contributed by atoms with Crippen LogP contribution in [0.2, 0.25) is 0 Å². The van der Waals surface area contributed by atoms with E-state index in [4.69, 9.17) is 0 Å². The lowest BCUT2D eigenvalue weighted by Gasteiger charge is -2.32. The molecule has 2 nitrogen and oxygen atoms in total. The molecule has 1 heterocycles. The Balaban J connectivity index is 1.90. The minimum atomic E-state index is 0.243. The van der Waals surface area contributed by atoms with E-state index in [1.165, 1.54) is 27.9 Å². The summed E-state index contributed by atoms with van der Waals surface area (Å²) in [6, 6.07) is 22.1. The molecule has 0 aliphatic heterocycles. The lowest BCUT2D eigenvalue weighted by Crippen LogP contribution is -2.26. The Kier molecular flexibility index (Phi) is 3.58. The second-order valence-electron chi connectivity index (χ2n) is 6.12. The number of hydrogen-bond donors (Lipinski definition) is 0. The van der Waals surface area contributed by atoms with E-state index in [-0.39, 0.29) is 6.04 Å². The second kappa shape index (κ2) is 5.88. The Morgan fingerprint density at radius 1 is 0.783 bits per heavy atom. The van der Waals surface area contributed by atoms with Crippen molar-refractivity contribution in [1.29, 1.82) is 0 Å². The Labute approximate surface area is 137 Å². The van der Waals surface area contributed by atoms with Gasteiger partial charge in [-0.2, -0.15) is 0 Å². The first-order chi connectivity index (χ1) is 11.3. The van der Waals surface area contributed by atoms with Gasteiger partial charge in [-0.3, -0.25) is 4.98 Å². The summed E-state index contributed by atoms with van der Waals surface area (Å²) in [6.45, 7) is 0. The summed E-state index contributed by atoms with van der Waals surface area (Å²) in [7, 11) is 2.18. The van der Waals surface area contributed by atoms with Gasteiger partial charge in [-0.1, -0.05) is 48.5 Å². The molecule has 0 spiro atoms. The number of anilines is 1. The number of benzene rings is 2. The Morgan fingerprint density at radius 2 is 1.30 bits per heavy atom. The molecule has 2 heteroatoms. The summed E-state index contributed by atoms with van der Waals surface area (Å²) in [5.41, 5.74) is 6.93. The summed E-state index contributed by atoms with van der Waals surface area (Å²) >= 11 is 0. The summed E-state index contributed by atoms with van der Waals surface area (Å²) in [4.78, 5) is 6.52. The summed E-state index contributed by atoms with van der Waals surface area (Å²) in [5.74, 6) is 0. The highest BCUT2D eigenvalue weighted by Crippen LogP contribution is 2.37. The van der Waals surface area contributed by atoms with Gasteiger partial charge >= 0.3 is 0 Å². The molecule has 0 unspecified atom stereocenters. The quantitative estimate of drug-likeness (QED) is 0.697. The highest BCUT2D eigenvalue weighted by Gasteiger charge is 2.26. The Morgan fingerprint density at radius 3 is 1.87 bits per heavy atom. The van der Waals surface area contributed by atoms with Crippen molar-refractivity contribution in [2.45, 2.75) is 18.9 Å². The summed E-state index contributed by atoms with van der Waals surface area (Å²) in [5, 5.41) is 0. The molecular formula is C21H20N2. The zero-order chi connectivity index (χ0) is 15.6. The van der Waals surface area contributed by atoms with Crippen molar-refractivity contribution >= 4 is 5.69 Å². The van der Waals surface area contributed by atoms with Crippen molar-refractivity contribution in [1.82, 2.24) is 4.98 Å². The topological polar surface area (TPSA) is 16.1 Å². The maximum atomic E-state index is 4.15. The average molecular weight is 300 g/mol. The summed E-state index contributed by atoms with van der Waals surface area (Å²) < 4.78 is 0. The largest absolute Gasteiger partial charge is 0.363 e. The van der Waals surface area contributed by atoms with Crippen molar-refractivity contribution in [3.05, 3.63) is 95.3 Å². The van der Waals surface area contributed by atoms with Crippen LogP contribution in [-0.4, -0.2) is 12.0 Å². The van der Waals surface area contributed by atoms with Gasteiger partial charge in [0.25, 0.3) is 0 Å². The van der Waals surface area contributed by atoms with Crippen LogP contribution in [0.1, 0.15) is 28.3 Å². The van der Waals surface area contributed by atoms with E-state index in [0.717, 1.165) is 12.8 Å². The number of nitrogens with zero attached hydrogens (tertiary/aromatic N) is 2. The fraction of sp³-hybridized carbons (Fsp3) is 0.190. The Hall–Kier alpha value is -2.61. The lowest BCUT2D eigenvalue weighted by atomic mass is 9.93. The predicted molar refractivity (Wildman–Crippen MR) is 94.8 cm³/mol. The first-order valence-corrected chi connectivity index (χ1v) is 8.13. The second-order valence-corrected chi connectivity index (χ2v) is 6.12. The number of aryl methyl sites for hydroxylation is 2. The van der Waals surface area contributed by atoms with Crippen molar-refractivity contribution in [2.75, 3.05) is 11.9 Å². The van der Waals surface area contributed by atoms with Crippen LogP contribution in [0.25, 0.3) is 0 Å². The van der Waals surface area contributed by atoms with Crippen LogP contribution in [0.4, 0.5) is 5.69 Å². The van der Waals surface area contributed by atoms with Gasteiger partial charge in [-0.05, 0) is 47.2 Å². The molecular weight excluding hydrogens is 280 g/mol. The molecule has 4 rings (SSSR count). The number of fused-ring (bicyclic) bond motifs is 2. The van der Waals surface area contributed by atoms with E-state index in [9.17, 15) is 0 Å². The van der Waals surface area contributed by atoms with Crippen LogP contribution >= 0.6 is 0 Å². The summed E-state index contributed by atoms with van der Waals surface area (Å²) in [6.07, 6.45) is 5.93. The molecule has 1 aromatic heterocycles. The molecule has 0 amide bonds. The van der Waals surface area contributed by atoms with Crippen LogP contribution in [0, 0.1) is 0 Å². The number of hydrogen-bond acceptors (Lipinski definition) is 2. The van der Waals surface area contributed by atoms with Gasteiger partial charge in [0.05, 0.1) is 6.04 Å². The molecule has 0 radical (unpaired) electrons. The minimum Gasteiger partial charge on any atom is -0.363 e. The smallest absolute Gasteiger partial charge is 0.0798 e. The number of aromatic nitrogens is 1. The molecule has 0 saturated carbocycles. The van der Waals surface area contributed by atoms with Gasteiger partial charge in [-0.15, -0.1) is 0 Å². The predicted octanol–water partition coefficient (Wildman–Crippen LogP) is 4.41. The first kappa shape index (κ1) is 14.0. The van der Waals surface area contributed by atoms with Crippen molar-refractivity contribution in [3.8, 4) is 0 Å². The third kappa shape index (κ3) is 2.50. The monoisotopic (exact) mass is 300 g/mol. The maximum Gasteiger partial charge on any atom is 0.0798 e. The first-order valence-electron chi connectivity index (χ1n) is 8.13. The third-order valence-electron chi connectivity index (χ3n) is 4.82. The molecule has 1 aliphatic rings. The lowest BCUT2D eigenvalue weighted by molar-refractivity contribution is 0.777. The van der Waals surface area contributed by atoms with Crippen molar-refractivity contribution in [3.63, 3.8) is 0 Å². The van der Waals surface area contributed by atoms with Gasteiger partial charge in [-0.25, -0.2) is 0 Å². The third-order valence-corrected chi connectivity index (χ3v) is 4.82. The number of rotatable bonds is 2. The fourth-order valence-corrected chi connectivity index (χ4v) is 3.64. The van der Waals surface area contributed by atoms with Gasteiger partial charge < -0.3 is 4.90 Å². The average Bonchev–Trinajstić information content (AvgIpc) is 2.79. The van der Waals surface area contributed by atoms with E-state index in [2.05, 4.69) is 77.6 Å². The molecule has 0 fully saturated rings. The standard InChI is InChI=1S/C21H20N2/c1-23(18-12-14-22-15-13-18)21-19-8-4-2-6-16(19)10-11-17-7-3-5-9-20(17)21/h2-9,12-15,21H,10-11H2,1H3. The van der Waals surface area contributed by atoms with Gasteiger partial charge in [0.15, 0.2) is 0 Å². The molecule has 0 bridgehead atoms. The molecule has 1 aliphatic carbocycles. The van der Waals surface area contributed by atoms with E-state index >= 15 is 0 Å². The molecule has 114 valence electrons. The van der Waals surface area contributed by atoms with E-state index in [0.29, 0.717) is 0 Å². The zero-order valence-corrected chi connectivity index (χ0v) is 13.3. The van der Waals surface area contributed by atoms with Crippen molar-refractivity contribution < 1.29 is 0 Å². The fourth-order valence-electron chi connectivity index (χ4n) is 3.64. The van der Waals surface area contributed by atoms with E-state index in [1.54, 1.807) is 0 Å². The molecule has 0 N–H and O–H groups in total. The molecule has 0 atom stereocenters. The van der Waals surface area contributed by atoms with Crippen LogP contribution in [0.5, 0.6) is 0 Å². The van der Waals surface area contributed by atoms with Crippen LogP contribution in [0.15, 0.2) is 73.1 Å². The zero-order valence-electron chi connectivity index (χ0n) is 13.3. The maximum absolute atomic E-state index is 4.15. The minimum absolute atomic E-state index is 0.243. The van der Waals surface area contributed by atoms with Crippen LogP contribution < -0.4 is 4.90 Å². The highest BCUT2D eigenvalue weighted by molar-refractivity contribution is 5.54. The van der Waals surface area contributed by atoms with Gasteiger partial charge in [0.1, 0.15) is 0 Å². The van der Waals surface area contributed by atoms with Crippen molar-refractivity contribution in [2.24, 2.45) is 0 Å². The molecule has 0 saturated heterocycles. The molecule has 2 aromatic carbocycles. The van der Waals surface area contributed by atoms with Gasteiger partial charge in [0.2, 0.25) is 0 Å². The highest BCUT2D eigenvalue weighted by atomic mass is 15.1. The van der Waals surface area contributed by atoms with Crippen LogP contribution in [0.3, 0.4) is 0 Å². The normalized spacial score (nSPS) is 13.8. The van der Waals surface area contributed by atoms with E-state index in [1.807, 2.05) is 12.4 Å². The van der Waals surface area contributed by atoms with E-state index < -0.39 is 0 Å². The van der Waals surface area contributed by atoms with Crippen LogP contribution in [-0.2, 0) is 12.8 Å². The molecule has 23 heavy (non-hydrogen) atoms.